The van der Waals surface area contributed by atoms with Crippen molar-refractivity contribution in [1.82, 2.24) is 31.5 Å². The molecule has 292 valence electrons. The Morgan fingerprint density at radius 2 is 1.24 bits per heavy atom. The van der Waals surface area contributed by atoms with Crippen LogP contribution in [0.2, 0.25) is 0 Å². The van der Waals surface area contributed by atoms with Gasteiger partial charge in [0.15, 0.2) is 0 Å². The number of hydrogen-bond donors (Lipinski definition) is 11. The van der Waals surface area contributed by atoms with Gasteiger partial charge in [0, 0.05) is 6.54 Å². The van der Waals surface area contributed by atoms with Crippen molar-refractivity contribution < 1.29 is 48.9 Å². The third-order valence-electron chi connectivity index (χ3n) is 8.41. The number of nitrogens with zero attached hydrogens (tertiary/aromatic N) is 1. The number of carboxylic acids is 1. The molecule has 0 radical (unpaired) electrons. The van der Waals surface area contributed by atoms with Gasteiger partial charge in [-0.15, -0.1) is 0 Å². The number of nitrogens with two attached hydrogens (primary N) is 3. The van der Waals surface area contributed by atoms with Gasteiger partial charge in [0.2, 0.25) is 35.4 Å². The van der Waals surface area contributed by atoms with Crippen LogP contribution >= 0.6 is 0 Å². The number of rotatable bonds is 24. The average molecular weight is 730 g/mol. The topological polar surface area (TPSA) is 322 Å². The van der Waals surface area contributed by atoms with Crippen LogP contribution in [0.5, 0.6) is 0 Å². The Bertz CT molecular complexity index is 1170. The molecule has 19 heteroatoms. The van der Waals surface area contributed by atoms with Crippen LogP contribution in [0.3, 0.4) is 0 Å². The number of unbranched alkanes of at least 4 members (excludes halogenated alkanes) is 2. The fraction of sp³-hybridized carbons (Fsp3) is 0.781. The molecule has 1 aliphatic rings. The SMILES string of the molecule is CC(C)C[C@H](NC(=O)[C@@H](N)CCCCN)C(=O)N1CCC[C@H]1C(=O)N[C@@H](CO)C(=O)N[C@@H](CO)C(=O)N[C@@H](C)C(=O)N[C@@H](CCCCN)C(=O)O. The van der Waals surface area contributed by atoms with E-state index >= 15 is 0 Å². The molecule has 14 N–H and O–H groups in total. The average Bonchev–Trinajstić information content (AvgIpc) is 3.58. The number of nitrogens with one attached hydrogen (secondary N) is 5. The predicted molar refractivity (Wildman–Crippen MR) is 185 cm³/mol. The summed E-state index contributed by atoms with van der Waals surface area (Å²) >= 11 is 0. The molecule has 7 atom stereocenters. The Labute approximate surface area is 298 Å². The maximum atomic E-state index is 13.7. The third kappa shape index (κ3) is 15.5. The molecule has 1 heterocycles. The first-order chi connectivity index (χ1) is 24.1. The highest BCUT2D eigenvalue weighted by Crippen LogP contribution is 2.21. The van der Waals surface area contributed by atoms with Gasteiger partial charge in [-0.05, 0) is 77.3 Å². The summed E-state index contributed by atoms with van der Waals surface area (Å²) in [5.74, 6) is -5.84. The molecule has 19 nitrogen and oxygen atoms in total. The van der Waals surface area contributed by atoms with E-state index in [1.54, 1.807) is 0 Å². The summed E-state index contributed by atoms with van der Waals surface area (Å²) in [6, 6.07) is -8.48. The quantitative estimate of drug-likeness (QED) is 0.0424. The molecule has 1 rings (SSSR count). The van der Waals surface area contributed by atoms with Crippen LogP contribution < -0.4 is 43.8 Å². The summed E-state index contributed by atoms with van der Waals surface area (Å²) in [7, 11) is 0. The molecule has 0 unspecified atom stereocenters. The van der Waals surface area contributed by atoms with E-state index in [1.807, 2.05) is 13.8 Å². The maximum Gasteiger partial charge on any atom is 0.326 e. The lowest BCUT2D eigenvalue weighted by Crippen LogP contribution is -2.60. The zero-order valence-corrected chi connectivity index (χ0v) is 29.9. The van der Waals surface area contributed by atoms with E-state index in [0.717, 1.165) is 0 Å². The van der Waals surface area contributed by atoms with Gasteiger partial charge in [0.05, 0.1) is 19.3 Å². The molecule has 0 aliphatic carbocycles. The zero-order chi connectivity index (χ0) is 38.7. The normalized spacial score (nSPS) is 17.7. The number of aliphatic carboxylic acids is 1. The summed E-state index contributed by atoms with van der Waals surface area (Å²) in [4.78, 5) is 91.0. The second kappa shape index (κ2) is 23.5. The molecule has 0 aromatic rings. The van der Waals surface area contributed by atoms with Crippen LogP contribution in [0.1, 0.15) is 78.6 Å². The van der Waals surface area contributed by atoms with Crippen LogP contribution in [-0.2, 0) is 33.6 Å². The lowest BCUT2D eigenvalue weighted by atomic mass is 10.0. The molecule has 0 bridgehead atoms. The minimum Gasteiger partial charge on any atom is -0.480 e. The van der Waals surface area contributed by atoms with E-state index in [9.17, 15) is 48.9 Å². The summed E-state index contributed by atoms with van der Waals surface area (Å²) < 4.78 is 0. The predicted octanol–water partition coefficient (Wildman–Crippen LogP) is -3.88. The van der Waals surface area contributed by atoms with E-state index in [1.165, 1.54) is 11.8 Å². The molecule has 0 aromatic heterocycles. The molecule has 1 saturated heterocycles. The van der Waals surface area contributed by atoms with Crippen LogP contribution in [0, 0.1) is 5.92 Å². The largest absolute Gasteiger partial charge is 0.480 e. The number of carbonyl (C=O) groups excluding carboxylic acids is 6. The second-order valence-electron chi connectivity index (χ2n) is 13.2. The van der Waals surface area contributed by atoms with Gasteiger partial charge in [0.1, 0.15) is 36.3 Å². The number of aliphatic hydroxyl groups excluding tert-OH is 2. The number of amides is 6. The molecule has 0 aromatic carbocycles. The monoisotopic (exact) mass is 729 g/mol. The number of carboxylic acid groups (broad SMARTS) is 1. The Morgan fingerprint density at radius 1 is 0.706 bits per heavy atom. The lowest BCUT2D eigenvalue weighted by Gasteiger charge is -2.31. The van der Waals surface area contributed by atoms with Gasteiger partial charge in [-0.2, -0.15) is 0 Å². The Morgan fingerprint density at radius 3 is 1.78 bits per heavy atom. The van der Waals surface area contributed by atoms with Crippen molar-refractivity contribution in [3.05, 3.63) is 0 Å². The van der Waals surface area contributed by atoms with Crippen molar-refractivity contribution in [3.8, 4) is 0 Å². The molecule has 6 amide bonds. The number of hydrogen-bond acceptors (Lipinski definition) is 12. The smallest absolute Gasteiger partial charge is 0.326 e. The van der Waals surface area contributed by atoms with Crippen molar-refractivity contribution in [2.75, 3.05) is 32.8 Å². The number of carbonyl (C=O) groups is 7. The lowest BCUT2D eigenvalue weighted by molar-refractivity contribution is -0.143. The third-order valence-corrected chi connectivity index (χ3v) is 8.41. The first kappa shape index (κ1) is 45.1. The van der Waals surface area contributed by atoms with Crippen LogP contribution in [0.4, 0.5) is 0 Å². The summed E-state index contributed by atoms with van der Waals surface area (Å²) in [6.45, 7) is 4.25. The second-order valence-corrected chi connectivity index (χ2v) is 13.2. The zero-order valence-electron chi connectivity index (χ0n) is 29.9. The van der Waals surface area contributed by atoms with Crippen LogP contribution in [0.15, 0.2) is 0 Å². The highest BCUT2D eigenvalue weighted by atomic mass is 16.4. The van der Waals surface area contributed by atoms with Crippen LogP contribution in [-0.4, -0.2) is 137 Å². The molecule has 1 aliphatic heterocycles. The van der Waals surface area contributed by atoms with Crippen molar-refractivity contribution in [2.24, 2.45) is 23.1 Å². The first-order valence-corrected chi connectivity index (χ1v) is 17.5. The number of likely N-dealkylation sites (tertiary alicyclic amines) is 1. The minimum atomic E-state index is -1.61. The summed E-state index contributed by atoms with van der Waals surface area (Å²) in [5.41, 5.74) is 17.0. The molecular weight excluding hydrogens is 670 g/mol. The fourth-order valence-electron chi connectivity index (χ4n) is 5.47. The Hall–Kier alpha value is -3.91. The Balaban J connectivity index is 2.89. The molecule has 0 spiro atoms. The standard InChI is InChI=1S/C32H59N9O10/c1-18(2)15-22(38-27(45)20(35)9-4-6-12-33)31(49)41-14-8-11-25(41)30(48)40-24(17-43)29(47)39-23(16-42)28(46)36-19(3)26(44)37-21(32(50)51)10-5-7-13-34/h18-25,42-43H,4-17,33-35H2,1-3H3,(H,36,46)(H,37,44)(H,38,45)(H,39,47)(H,40,48)(H,50,51)/t19-,20-,21-,22-,23-,24-,25-/m0/s1. The first-order valence-electron chi connectivity index (χ1n) is 17.5. The molecule has 51 heavy (non-hydrogen) atoms. The highest BCUT2D eigenvalue weighted by molar-refractivity contribution is 5.97. The van der Waals surface area contributed by atoms with Crippen molar-refractivity contribution in [3.63, 3.8) is 0 Å². The minimum absolute atomic E-state index is 0.00669. The van der Waals surface area contributed by atoms with E-state index in [-0.39, 0.29) is 31.7 Å². The maximum absolute atomic E-state index is 13.7. The van der Waals surface area contributed by atoms with Gasteiger partial charge in [-0.25, -0.2) is 4.79 Å². The van der Waals surface area contributed by atoms with E-state index < -0.39 is 96.9 Å². The molecule has 0 saturated carbocycles. The summed E-state index contributed by atoms with van der Waals surface area (Å²) in [5, 5.41) is 41.1. The fourth-order valence-corrected chi connectivity index (χ4v) is 5.47. The van der Waals surface area contributed by atoms with Gasteiger partial charge < -0.3 is 64.0 Å². The van der Waals surface area contributed by atoms with Crippen molar-refractivity contribution >= 4 is 41.4 Å². The van der Waals surface area contributed by atoms with Gasteiger partial charge in [-0.1, -0.05) is 20.3 Å². The number of aliphatic hydroxyl groups is 2. The van der Waals surface area contributed by atoms with Gasteiger partial charge in [-0.3, -0.25) is 28.8 Å². The van der Waals surface area contributed by atoms with E-state index in [0.29, 0.717) is 51.6 Å². The van der Waals surface area contributed by atoms with E-state index in [2.05, 4.69) is 26.6 Å². The van der Waals surface area contributed by atoms with E-state index in [4.69, 9.17) is 17.2 Å². The van der Waals surface area contributed by atoms with Crippen molar-refractivity contribution in [2.45, 2.75) is 121 Å². The van der Waals surface area contributed by atoms with Gasteiger partial charge in [0.25, 0.3) is 0 Å². The molecule has 1 fully saturated rings. The van der Waals surface area contributed by atoms with Crippen molar-refractivity contribution in [1.29, 1.82) is 0 Å². The highest BCUT2D eigenvalue weighted by Gasteiger charge is 2.39. The Kier molecular flexibility index (Phi) is 20.8. The molecular formula is C32H59N9O10. The summed E-state index contributed by atoms with van der Waals surface area (Å²) in [6.07, 6.45) is 3.85. The van der Waals surface area contributed by atoms with Gasteiger partial charge >= 0.3 is 5.97 Å². The van der Waals surface area contributed by atoms with Crippen LogP contribution in [0.25, 0.3) is 0 Å².